The van der Waals surface area contributed by atoms with E-state index in [1.807, 2.05) is 6.92 Å². The second kappa shape index (κ2) is 6.68. The lowest BCUT2D eigenvalue weighted by Crippen LogP contribution is -2.25. The third-order valence-corrected chi connectivity index (χ3v) is 4.32. The summed E-state index contributed by atoms with van der Waals surface area (Å²) in [5.41, 5.74) is 0.670. The van der Waals surface area contributed by atoms with Crippen molar-refractivity contribution < 1.29 is 22.4 Å². The number of aryl methyl sites for hydroxylation is 1. The Morgan fingerprint density at radius 3 is 2.59 bits per heavy atom. The predicted octanol–water partition coefficient (Wildman–Crippen LogP) is 4.26. The number of rotatable bonds is 3. The second-order valence-electron chi connectivity index (χ2n) is 6.48. The number of halogens is 4. The molecule has 0 bridgehead atoms. The molecule has 0 N–H and O–H groups in total. The molecule has 1 amide bonds. The summed E-state index contributed by atoms with van der Waals surface area (Å²) in [5.74, 6) is -1.49. The highest BCUT2D eigenvalue weighted by Crippen LogP contribution is 2.36. The Kier molecular flexibility index (Phi) is 4.67. The van der Waals surface area contributed by atoms with Gasteiger partial charge in [-0.3, -0.25) is 9.78 Å². The minimum absolute atomic E-state index is 0.0492. The van der Waals surface area contributed by atoms with Gasteiger partial charge in [-0.1, -0.05) is 12.1 Å². The van der Waals surface area contributed by atoms with Crippen molar-refractivity contribution in [3.63, 3.8) is 0 Å². The van der Waals surface area contributed by atoms with Crippen LogP contribution < -0.4 is 0 Å². The van der Waals surface area contributed by atoms with E-state index in [1.165, 1.54) is 17.2 Å². The first-order valence-corrected chi connectivity index (χ1v) is 8.11. The average molecular weight is 379 g/mol. The number of likely N-dealkylation sites (N-methyl/N-ethyl adjacent to an activating group) is 1. The van der Waals surface area contributed by atoms with Crippen LogP contribution in [0.15, 0.2) is 36.7 Å². The Bertz CT molecular complexity index is 1020. The Labute approximate surface area is 153 Å². The highest BCUT2D eigenvalue weighted by Gasteiger charge is 2.35. The molecule has 3 rings (SSSR count). The molecule has 2 aromatic heterocycles. The van der Waals surface area contributed by atoms with Crippen LogP contribution >= 0.6 is 0 Å². The van der Waals surface area contributed by atoms with Crippen LogP contribution in [-0.2, 0) is 17.5 Å². The molecule has 0 aliphatic rings. The highest BCUT2D eigenvalue weighted by molar-refractivity contribution is 5.86. The second-order valence-corrected chi connectivity index (χ2v) is 6.48. The lowest BCUT2D eigenvalue weighted by molar-refractivity contribution is -0.140. The number of nitrogens with zero attached hydrogens (tertiary/aromatic N) is 3. The van der Waals surface area contributed by atoms with Gasteiger partial charge in [-0.15, -0.1) is 0 Å². The first-order valence-electron chi connectivity index (χ1n) is 8.11. The molecule has 142 valence electrons. The van der Waals surface area contributed by atoms with E-state index in [0.717, 1.165) is 11.6 Å². The molecule has 0 unspecified atom stereocenters. The average Bonchev–Trinajstić information content (AvgIpc) is 2.89. The number of fused-ring (bicyclic) bond motifs is 1. The van der Waals surface area contributed by atoms with E-state index in [2.05, 4.69) is 4.98 Å². The van der Waals surface area contributed by atoms with E-state index in [4.69, 9.17) is 0 Å². The third kappa shape index (κ3) is 3.51. The van der Waals surface area contributed by atoms with E-state index in [1.54, 1.807) is 30.9 Å². The van der Waals surface area contributed by atoms with Gasteiger partial charge in [0.2, 0.25) is 5.91 Å². The van der Waals surface area contributed by atoms with Crippen LogP contribution in [0.4, 0.5) is 17.6 Å². The molecule has 0 aliphatic carbocycles. The number of benzene rings is 1. The van der Waals surface area contributed by atoms with Crippen molar-refractivity contribution in [1.82, 2.24) is 14.5 Å². The molecule has 0 fully saturated rings. The lowest BCUT2D eigenvalue weighted by atomic mass is 10.0. The molecule has 27 heavy (non-hydrogen) atoms. The fraction of sp³-hybridized carbons (Fsp3) is 0.263. The Morgan fingerprint density at radius 1 is 1.26 bits per heavy atom. The quantitative estimate of drug-likeness (QED) is 0.638. The molecule has 3 aromatic rings. The molecule has 0 saturated heterocycles. The molecule has 2 heterocycles. The van der Waals surface area contributed by atoms with E-state index < -0.39 is 17.6 Å². The molecular formula is C19H17F4N3O. The van der Waals surface area contributed by atoms with E-state index >= 15 is 0 Å². The number of amides is 1. The zero-order chi connectivity index (χ0) is 19.9. The maximum absolute atomic E-state index is 14.5. The topological polar surface area (TPSA) is 38.1 Å². The van der Waals surface area contributed by atoms with Crippen LogP contribution in [0.1, 0.15) is 11.1 Å². The van der Waals surface area contributed by atoms with Crippen LogP contribution in [0.3, 0.4) is 0 Å². The Balaban J connectivity index is 2.14. The van der Waals surface area contributed by atoms with Crippen LogP contribution in [0.25, 0.3) is 22.2 Å². The van der Waals surface area contributed by atoms with Crippen LogP contribution in [0, 0.1) is 12.7 Å². The van der Waals surface area contributed by atoms with Crippen molar-refractivity contribution in [2.45, 2.75) is 19.6 Å². The predicted molar refractivity (Wildman–Crippen MR) is 93.6 cm³/mol. The smallest absolute Gasteiger partial charge is 0.347 e. The highest BCUT2D eigenvalue weighted by atomic mass is 19.4. The maximum Gasteiger partial charge on any atom is 0.419 e. The molecule has 0 spiro atoms. The standard InChI is InChI=1S/C19H17F4N3O/c1-11-9-26(10-16(27)25(2)3)15-7-12(8-24-18(11)15)13-5-4-6-14(17(13)20)19(21,22)23/h4-9H,10H2,1-3H3. The molecule has 1 aromatic carbocycles. The fourth-order valence-electron chi connectivity index (χ4n) is 2.88. The van der Waals surface area contributed by atoms with Crippen molar-refractivity contribution in [3.8, 4) is 11.1 Å². The fourth-order valence-corrected chi connectivity index (χ4v) is 2.88. The van der Waals surface area contributed by atoms with Gasteiger partial charge in [-0.25, -0.2) is 4.39 Å². The normalized spacial score (nSPS) is 11.8. The first kappa shape index (κ1) is 18.9. The lowest BCUT2D eigenvalue weighted by Gasteiger charge is -2.13. The van der Waals surface area contributed by atoms with Gasteiger partial charge in [0.1, 0.15) is 12.4 Å². The molecule has 0 saturated carbocycles. The maximum atomic E-state index is 14.5. The minimum atomic E-state index is -4.79. The van der Waals surface area contributed by atoms with Crippen molar-refractivity contribution in [3.05, 3.63) is 53.6 Å². The summed E-state index contributed by atoms with van der Waals surface area (Å²) in [6, 6.07) is 4.69. The zero-order valence-electron chi connectivity index (χ0n) is 14.9. The van der Waals surface area contributed by atoms with Gasteiger partial charge in [-0.2, -0.15) is 13.2 Å². The number of pyridine rings is 1. The van der Waals surface area contributed by atoms with E-state index in [-0.39, 0.29) is 23.6 Å². The van der Waals surface area contributed by atoms with Crippen molar-refractivity contribution in [2.75, 3.05) is 14.1 Å². The number of hydrogen-bond donors (Lipinski definition) is 0. The van der Waals surface area contributed by atoms with Crippen molar-refractivity contribution in [1.29, 1.82) is 0 Å². The van der Waals surface area contributed by atoms with Crippen LogP contribution in [-0.4, -0.2) is 34.5 Å². The minimum Gasteiger partial charge on any atom is -0.347 e. The van der Waals surface area contributed by atoms with Crippen LogP contribution in [0.5, 0.6) is 0 Å². The third-order valence-electron chi connectivity index (χ3n) is 4.32. The van der Waals surface area contributed by atoms with Crippen molar-refractivity contribution >= 4 is 16.9 Å². The Hall–Kier alpha value is -2.90. The summed E-state index contributed by atoms with van der Waals surface area (Å²) in [4.78, 5) is 17.7. The number of hydrogen-bond acceptors (Lipinski definition) is 2. The largest absolute Gasteiger partial charge is 0.419 e. The van der Waals surface area contributed by atoms with Gasteiger partial charge in [0, 0.05) is 37.6 Å². The molecular weight excluding hydrogens is 362 g/mol. The molecule has 0 radical (unpaired) electrons. The van der Waals surface area contributed by atoms with Gasteiger partial charge in [0.25, 0.3) is 0 Å². The molecule has 0 atom stereocenters. The zero-order valence-corrected chi connectivity index (χ0v) is 14.9. The summed E-state index contributed by atoms with van der Waals surface area (Å²) in [6.07, 6.45) is -1.70. The SMILES string of the molecule is Cc1cn(CC(=O)N(C)C)c2cc(-c3cccc(C(F)(F)F)c3F)cnc12. The molecule has 8 heteroatoms. The number of carbonyl (C=O) groups is 1. The van der Waals surface area contributed by atoms with Gasteiger partial charge in [0.15, 0.2) is 0 Å². The van der Waals surface area contributed by atoms with Gasteiger partial charge < -0.3 is 9.47 Å². The monoisotopic (exact) mass is 379 g/mol. The number of alkyl halides is 3. The van der Waals surface area contributed by atoms with Gasteiger partial charge in [0.05, 0.1) is 16.6 Å². The van der Waals surface area contributed by atoms with E-state index in [0.29, 0.717) is 17.1 Å². The summed E-state index contributed by atoms with van der Waals surface area (Å²) < 4.78 is 55.1. The summed E-state index contributed by atoms with van der Waals surface area (Å²) in [5, 5.41) is 0. The van der Waals surface area contributed by atoms with Crippen LogP contribution in [0.2, 0.25) is 0 Å². The van der Waals surface area contributed by atoms with Crippen molar-refractivity contribution in [2.24, 2.45) is 0 Å². The molecule has 0 aliphatic heterocycles. The van der Waals surface area contributed by atoms with Gasteiger partial charge >= 0.3 is 6.18 Å². The first-order chi connectivity index (χ1) is 12.6. The number of carbonyl (C=O) groups excluding carboxylic acids is 1. The molecule has 4 nitrogen and oxygen atoms in total. The van der Waals surface area contributed by atoms with E-state index in [9.17, 15) is 22.4 Å². The summed E-state index contributed by atoms with van der Waals surface area (Å²) in [6.45, 7) is 1.87. The summed E-state index contributed by atoms with van der Waals surface area (Å²) in [7, 11) is 3.26. The number of aromatic nitrogens is 2. The summed E-state index contributed by atoms with van der Waals surface area (Å²) >= 11 is 0. The van der Waals surface area contributed by atoms with Gasteiger partial charge in [-0.05, 0) is 24.6 Å². The Morgan fingerprint density at radius 2 is 1.96 bits per heavy atom.